The van der Waals surface area contributed by atoms with Crippen molar-refractivity contribution in [3.8, 4) is 0 Å². The van der Waals surface area contributed by atoms with Gasteiger partial charge in [-0.05, 0) is 101 Å². The van der Waals surface area contributed by atoms with E-state index in [1.54, 1.807) is 32.9 Å². The molecule has 0 fully saturated rings. The highest BCUT2D eigenvalue weighted by Gasteiger charge is 2.31. The minimum Gasteiger partial charge on any atom is -0.459 e. The number of esters is 1. The minimum absolute atomic E-state index is 0.0514. The molecule has 4 aromatic rings. The molecular formula is C54H70N6O12. The van der Waals surface area contributed by atoms with E-state index in [1.807, 2.05) is 109 Å². The Morgan fingerprint density at radius 3 is 1.04 bits per heavy atom. The second kappa shape index (κ2) is 32.3. The lowest BCUT2D eigenvalue weighted by Crippen LogP contribution is -2.56. The molecule has 0 unspecified atom stereocenters. The lowest BCUT2D eigenvalue weighted by molar-refractivity contribution is -0.149. The molecule has 0 aliphatic carbocycles. The van der Waals surface area contributed by atoms with Gasteiger partial charge in [-0.1, -0.05) is 121 Å². The summed E-state index contributed by atoms with van der Waals surface area (Å²) >= 11 is 0. The highest BCUT2D eigenvalue weighted by molar-refractivity contribution is 5.93. The molecular weight excluding hydrogens is 925 g/mol. The van der Waals surface area contributed by atoms with Crippen LogP contribution in [0.15, 0.2) is 121 Å². The highest BCUT2D eigenvalue weighted by atomic mass is 16.6. The zero-order valence-electron chi connectivity index (χ0n) is 41.5. The quantitative estimate of drug-likeness (QED) is 0.0173. The number of hydrogen-bond acceptors (Lipinski definition) is 12. The Hall–Kier alpha value is -7.63. The topological polar surface area (TPSA) is 238 Å². The van der Waals surface area contributed by atoms with E-state index < -0.39 is 65.9 Å². The van der Waals surface area contributed by atoms with Crippen molar-refractivity contribution in [3.63, 3.8) is 0 Å². The maximum absolute atomic E-state index is 14.3. The van der Waals surface area contributed by atoms with Crippen LogP contribution in [-0.4, -0.2) is 85.5 Å². The van der Waals surface area contributed by atoms with Gasteiger partial charge < -0.3 is 55.6 Å². The van der Waals surface area contributed by atoms with Gasteiger partial charge in [0.05, 0.1) is 0 Å². The maximum Gasteiger partial charge on any atom is 0.408 e. The molecule has 0 aliphatic heterocycles. The third kappa shape index (κ3) is 24.8. The first-order chi connectivity index (χ1) is 34.7. The number of alkyl carbamates (subject to hydrolysis) is 4. The van der Waals surface area contributed by atoms with E-state index in [1.165, 1.54) is 0 Å². The lowest BCUT2D eigenvalue weighted by Gasteiger charge is -2.26. The smallest absolute Gasteiger partial charge is 0.408 e. The Morgan fingerprint density at radius 1 is 0.389 bits per heavy atom. The van der Waals surface area contributed by atoms with Gasteiger partial charge in [-0.15, -0.1) is 0 Å². The Morgan fingerprint density at radius 2 is 0.694 bits per heavy atom. The number of ether oxygens (including phenoxy) is 5. The molecule has 4 rings (SSSR count). The van der Waals surface area contributed by atoms with Crippen molar-refractivity contribution >= 4 is 42.2 Å². The Labute approximate surface area is 422 Å². The number of carbonyl (C=O) groups is 7. The van der Waals surface area contributed by atoms with Crippen LogP contribution in [0.3, 0.4) is 0 Å². The summed E-state index contributed by atoms with van der Waals surface area (Å²) in [5.74, 6) is -2.07. The standard InChI is InChI=1S/C54H70N6O12/c1-54(2,3)72-53(67)60-45(31-17-20-34-56-51(65)70-38-42-26-12-6-13-27-42)48(62)58-44(30-16-19-33-55-50(64)69-37-41-24-10-5-11-25-41)47(61)59-46(49(63)68-36-40-22-8-4-9-23-40)32-18-21-35-57-52(66)71-39-43-28-14-7-15-29-43/h4-15,22-29,44-46H,16-21,30-39H2,1-3H3,(H,55,64)(H,56,65)(H,57,66)(H,58,62)(H,59,61)(H,60,67)/t44-,45-,46+/m1/s1. The van der Waals surface area contributed by atoms with Crippen molar-refractivity contribution in [2.45, 2.75) is 129 Å². The van der Waals surface area contributed by atoms with E-state index >= 15 is 0 Å². The Balaban J connectivity index is 1.42. The van der Waals surface area contributed by atoms with Gasteiger partial charge in [-0.3, -0.25) is 9.59 Å². The molecule has 18 nitrogen and oxygen atoms in total. The zero-order valence-corrected chi connectivity index (χ0v) is 41.5. The first kappa shape index (κ1) is 57.0. The number of nitrogens with one attached hydrogen (secondary N) is 6. The molecule has 0 aromatic heterocycles. The summed E-state index contributed by atoms with van der Waals surface area (Å²) < 4.78 is 27.0. The van der Waals surface area contributed by atoms with Gasteiger partial charge in [0.25, 0.3) is 0 Å². The Kier molecular flexibility index (Phi) is 25.5. The lowest BCUT2D eigenvalue weighted by atomic mass is 10.0. The summed E-state index contributed by atoms with van der Waals surface area (Å²) in [6.45, 7) is 5.95. The monoisotopic (exact) mass is 995 g/mol. The summed E-state index contributed by atoms with van der Waals surface area (Å²) in [5, 5.41) is 16.3. The number of rotatable bonds is 29. The van der Waals surface area contributed by atoms with Crippen molar-refractivity contribution in [1.82, 2.24) is 31.9 Å². The largest absolute Gasteiger partial charge is 0.459 e. The SMILES string of the molecule is CC(C)(C)OC(=O)N[C@H](CCCCNC(=O)OCc1ccccc1)C(=O)N[C@H](CCCCNC(=O)OCc1ccccc1)C(=O)N[C@@H](CCCCNC(=O)OCc1ccccc1)C(=O)OCc1ccccc1. The molecule has 6 amide bonds. The van der Waals surface area contributed by atoms with Crippen LogP contribution in [0.4, 0.5) is 19.2 Å². The second-order valence-electron chi connectivity index (χ2n) is 17.9. The number of amides is 6. The van der Waals surface area contributed by atoms with Crippen LogP contribution >= 0.6 is 0 Å². The van der Waals surface area contributed by atoms with Crippen LogP contribution in [0.1, 0.15) is 101 Å². The number of benzene rings is 4. The van der Waals surface area contributed by atoms with Crippen LogP contribution < -0.4 is 31.9 Å². The van der Waals surface area contributed by atoms with Crippen LogP contribution in [0.2, 0.25) is 0 Å². The van der Waals surface area contributed by atoms with Crippen molar-refractivity contribution in [2.24, 2.45) is 0 Å². The molecule has 0 saturated heterocycles. The van der Waals surface area contributed by atoms with Gasteiger partial charge >= 0.3 is 30.3 Å². The van der Waals surface area contributed by atoms with Crippen molar-refractivity contribution in [1.29, 1.82) is 0 Å². The molecule has 6 N–H and O–H groups in total. The van der Waals surface area contributed by atoms with Crippen molar-refractivity contribution in [3.05, 3.63) is 144 Å². The summed E-state index contributed by atoms with van der Waals surface area (Å²) in [5.41, 5.74) is 2.35. The van der Waals surface area contributed by atoms with Gasteiger partial charge in [0, 0.05) is 19.6 Å². The van der Waals surface area contributed by atoms with E-state index in [-0.39, 0.29) is 65.3 Å². The van der Waals surface area contributed by atoms with Crippen LogP contribution in [-0.2, 0) is 64.5 Å². The molecule has 0 radical (unpaired) electrons. The highest BCUT2D eigenvalue weighted by Crippen LogP contribution is 2.13. The van der Waals surface area contributed by atoms with Crippen molar-refractivity contribution < 1.29 is 57.2 Å². The molecule has 0 heterocycles. The molecule has 4 aromatic carbocycles. The summed E-state index contributed by atoms with van der Waals surface area (Å²) in [7, 11) is 0. The maximum atomic E-state index is 14.3. The molecule has 3 atom stereocenters. The molecule has 0 aliphatic rings. The fraction of sp³-hybridized carbons (Fsp3) is 0.426. The second-order valence-corrected chi connectivity index (χ2v) is 17.9. The van der Waals surface area contributed by atoms with Gasteiger partial charge in [0.15, 0.2) is 0 Å². The molecule has 0 saturated carbocycles. The third-order valence-electron chi connectivity index (χ3n) is 10.7. The minimum atomic E-state index is -1.21. The number of carbonyl (C=O) groups excluding carboxylic acids is 7. The molecule has 0 spiro atoms. The molecule has 388 valence electrons. The fourth-order valence-electron chi connectivity index (χ4n) is 6.92. The van der Waals surface area contributed by atoms with E-state index in [2.05, 4.69) is 31.9 Å². The van der Waals surface area contributed by atoms with Crippen LogP contribution in [0.25, 0.3) is 0 Å². The average molecular weight is 995 g/mol. The molecule has 0 bridgehead atoms. The van der Waals surface area contributed by atoms with Gasteiger partial charge in [-0.2, -0.15) is 0 Å². The van der Waals surface area contributed by atoms with Crippen LogP contribution in [0.5, 0.6) is 0 Å². The summed E-state index contributed by atoms with van der Waals surface area (Å²) in [4.78, 5) is 92.4. The summed E-state index contributed by atoms with van der Waals surface area (Å²) in [6.07, 6.45) is -0.0249. The summed E-state index contributed by atoms with van der Waals surface area (Å²) in [6, 6.07) is 33.2. The zero-order chi connectivity index (χ0) is 51.8. The van der Waals surface area contributed by atoms with Crippen LogP contribution in [0, 0.1) is 0 Å². The van der Waals surface area contributed by atoms with E-state index in [4.69, 9.17) is 23.7 Å². The van der Waals surface area contributed by atoms with Gasteiger partial charge in [0.2, 0.25) is 11.8 Å². The first-order valence-electron chi connectivity index (χ1n) is 24.4. The van der Waals surface area contributed by atoms with Gasteiger partial charge in [-0.25, -0.2) is 24.0 Å². The number of unbranched alkanes of at least 4 members (excludes halogenated alkanes) is 3. The predicted octanol–water partition coefficient (Wildman–Crippen LogP) is 7.88. The third-order valence-corrected chi connectivity index (χ3v) is 10.7. The molecule has 72 heavy (non-hydrogen) atoms. The molecule has 18 heteroatoms. The Bertz CT molecular complexity index is 2250. The predicted molar refractivity (Wildman–Crippen MR) is 269 cm³/mol. The van der Waals surface area contributed by atoms with Gasteiger partial charge in [0.1, 0.15) is 50.2 Å². The first-order valence-corrected chi connectivity index (χ1v) is 24.4. The normalized spacial score (nSPS) is 12.1. The fourth-order valence-corrected chi connectivity index (χ4v) is 6.92. The van der Waals surface area contributed by atoms with E-state index in [0.29, 0.717) is 38.5 Å². The van der Waals surface area contributed by atoms with Crippen molar-refractivity contribution in [2.75, 3.05) is 19.6 Å². The average Bonchev–Trinajstić information content (AvgIpc) is 3.37. The van der Waals surface area contributed by atoms with E-state index in [0.717, 1.165) is 22.3 Å². The van der Waals surface area contributed by atoms with E-state index in [9.17, 15) is 33.6 Å². The number of hydrogen-bond donors (Lipinski definition) is 6.